The van der Waals surface area contributed by atoms with Gasteiger partial charge in [0.2, 0.25) is 0 Å². The van der Waals surface area contributed by atoms with Gasteiger partial charge >= 0.3 is 5.87 Å². The normalized spacial score (nSPS) is 11.6. The standard InChI is InChI=1S/C36H52N2/c1-5-8-11-13-14-16-21-32-23-19-25-34(28-32)36(33-24-18-22-31(27-33)20-15-10-7-3)35(30(4)29-38-37)26-17-12-9-6-2/h18-19,22-25,27-28H,5-17,20-21,26H2,1-4H3. The molecule has 0 saturated carbocycles. The molecule has 2 nitrogen and oxygen atoms in total. The second-order valence-electron chi connectivity index (χ2n) is 10.9. The summed E-state index contributed by atoms with van der Waals surface area (Å²) in [5.74, 6) is 2.88. The second-order valence-corrected chi connectivity index (χ2v) is 10.9. The first-order valence-corrected chi connectivity index (χ1v) is 15.5. The Hall–Kier alpha value is -2.66. The van der Waals surface area contributed by atoms with Crippen molar-refractivity contribution < 1.29 is 4.79 Å². The third kappa shape index (κ3) is 11.4. The van der Waals surface area contributed by atoms with Crippen LogP contribution in [0.4, 0.5) is 0 Å². The summed E-state index contributed by atoms with van der Waals surface area (Å²) in [6.07, 6.45) is 19.7. The van der Waals surface area contributed by atoms with E-state index < -0.39 is 0 Å². The summed E-state index contributed by atoms with van der Waals surface area (Å²) >= 11 is 0. The fourth-order valence-electron chi connectivity index (χ4n) is 5.34. The lowest BCUT2D eigenvalue weighted by atomic mass is 9.85. The Kier molecular flexibility index (Phi) is 16.1. The van der Waals surface area contributed by atoms with Crippen LogP contribution in [0.1, 0.15) is 140 Å². The van der Waals surface area contributed by atoms with Crippen LogP contribution in [-0.2, 0) is 12.8 Å². The Labute approximate surface area is 233 Å². The summed E-state index contributed by atoms with van der Waals surface area (Å²) < 4.78 is 0. The third-order valence-electron chi connectivity index (χ3n) is 7.57. The van der Waals surface area contributed by atoms with Crippen molar-refractivity contribution in [3.8, 4) is 0 Å². The molecule has 2 aromatic carbocycles. The number of nitrogens with zero attached hydrogens (tertiary/aromatic N) is 2. The average molecular weight is 513 g/mol. The van der Waals surface area contributed by atoms with Crippen LogP contribution in [0.15, 0.2) is 59.7 Å². The summed E-state index contributed by atoms with van der Waals surface area (Å²) in [5.41, 5.74) is 18.2. The van der Waals surface area contributed by atoms with E-state index >= 15 is 0 Å². The van der Waals surface area contributed by atoms with E-state index in [0.29, 0.717) is 0 Å². The summed E-state index contributed by atoms with van der Waals surface area (Å²) in [6, 6.07) is 18.3. The van der Waals surface area contributed by atoms with Gasteiger partial charge in [-0.25, -0.2) is 0 Å². The number of hydrogen-bond acceptors (Lipinski definition) is 0. The molecule has 0 heterocycles. The van der Waals surface area contributed by atoms with Gasteiger partial charge in [-0.2, -0.15) is 0 Å². The van der Waals surface area contributed by atoms with Crippen LogP contribution in [0.25, 0.3) is 11.1 Å². The van der Waals surface area contributed by atoms with Gasteiger partial charge in [0.15, 0.2) is 0 Å². The summed E-state index contributed by atoms with van der Waals surface area (Å²) in [4.78, 5) is 3.31. The van der Waals surface area contributed by atoms with Gasteiger partial charge in [0.25, 0.3) is 0 Å². The van der Waals surface area contributed by atoms with E-state index in [0.717, 1.165) is 31.3 Å². The molecule has 0 atom stereocenters. The van der Waals surface area contributed by atoms with E-state index in [-0.39, 0.29) is 0 Å². The molecule has 0 saturated heterocycles. The molecule has 0 spiro atoms. The largest absolute Gasteiger partial charge is 0.348 e. The van der Waals surface area contributed by atoms with Crippen molar-refractivity contribution in [3.05, 3.63) is 87.5 Å². The Morgan fingerprint density at radius 3 is 1.68 bits per heavy atom. The minimum absolute atomic E-state index is 0.928. The number of aryl methyl sites for hydroxylation is 2. The van der Waals surface area contributed by atoms with Gasteiger partial charge in [0, 0.05) is 0 Å². The minimum Gasteiger partial charge on any atom is -0.348 e. The second kappa shape index (κ2) is 19.4. The Morgan fingerprint density at radius 2 is 1.13 bits per heavy atom. The zero-order valence-corrected chi connectivity index (χ0v) is 24.8. The van der Waals surface area contributed by atoms with Crippen molar-refractivity contribution >= 4 is 11.4 Å². The average Bonchev–Trinajstić information content (AvgIpc) is 2.93. The van der Waals surface area contributed by atoms with Gasteiger partial charge in [-0.1, -0.05) is 134 Å². The van der Waals surface area contributed by atoms with E-state index in [1.165, 1.54) is 110 Å². The fourth-order valence-corrected chi connectivity index (χ4v) is 5.34. The molecule has 0 aliphatic carbocycles. The van der Waals surface area contributed by atoms with E-state index in [4.69, 9.17) is 0 Å². The maximum absolute atomic E-state index is 9.37. The molecular formula is C36H52N2. The maximum Gasteiger partial charge on any atom is 0.303 e. The maximum atomic E-state index is 9.37. The molecule has 2 rings (SSSR count). The van der Waals surface area contributed by atoms with Crippen molar-refractivity contribution in [1.29, 1.82) is 0 Å². The smallest absolute Gasteiger partial charge is 0.303 e. The number of benzene rings is 2. The highest BCUT2D eigenvalue weighted by atomic mass is 14.8. The van der Waals surface area contributed by atoms with Gasteiger partial charge < -0.3 is 5.53 Å². The molecule has 0 aliphatic heterocycles. The minimum atomic E-state index is 0.928. The number of hydrogen-bond donors (Lipinski definition) is 0. The van der Waals surface area contributed by atoms with Gasteiger partial charge in [-0.05, 0) is 78.8 Å². The predicted octanol–water partition coefficient (Wildman–Crippen LogP) is 10.9. The first-order chi connectivity index (χ1) is 18.6. The molecule has 0 unspecified atom stereocenters. The summed E-state index contributed by atoms with van der Waals surface area (Å²) in [7, 11) is 0. The van der Waals surface area contributed by atoms with Crippen molar-refractivity contribution in [1.82, 2.24) is 0 Å². The summed E-state index contributed by atoms with van der Waals surface area (Å²) in [6.45, 7) is 8.84. The predicted molar refractivity (Wildman–Crippen MR) is 166 cm³/mol. The van der Waals surface area contributed by atoms with Crippen LogP contribution in [-0.4, -0.2) is 10.7 Å². The molecule has 38 heavy (non-hydrogen) atoms. The SMILES string of the molecule is CCCCCCCCc1cccc(C(=C(CCCCCC)C(C)=C=[N+]=[N-])c2cccc(CCCCC)c2)c1. The zero-order chi connectivity index (χ0) is 27.4. The van der Waals surface area contributed by atoms with Gasteiger partial charge in [-0.15, -0.1) is 4.79 Å². The van der Waals surface area contributed by atoms with Crippen LogP contribution in [0.3, 0.4) is 0 Å². The van der Waals surface area contributed by atoms with Gasteiger partial charge in [0.1, 0.15) is 0 Å². The number of allylic oxidation sites excluding steroid dienone is 2. The van der Waals surface area contributed by atoms with Crippen LogP contribution in [0.2, 0.25) is 0 Å². The van der Waals surface area contributed by atoms with Crippen LogP contribution < -0.4 is 0 Å². The van der Waals surface area contributed by atoms with E-state index in [1.807, 2.05) is 6.92 Å². The first kappa shape index (κ1) is 31.6. The summed E-state index contributed by atoms with van der Waals surface area (Å²) in [5, 5.41) is 0. The Bertz CT molecular complexity index is 1060. The lowest BCUT2D eigenvalue weighted by Gasteiger charge is -2.18. The number of rotatable bonds is 19. The number of unbranched alkanes of at least 4 members (excludes halogenated alkanes) is 10. The molecule has 2 heteroatoms. The zero-order valence-electron chi connectivity index (χ0n) is 24.8. The molecule has 2 aromatic rings. The molecule has 0 fully saturated rings. The van der Waals surface area contributed by atoms with E-state index in [2.05, 4.69) is 80.0 Å². The molecule has 0 amide bonds. The molecule has 206 valence electrons. The highest BCUT2D eigenvalue weighted by molar-refractivity contribution is 5.87. The van der Waals surface area contributed by atoms with Gasteiger partial charge in [0.05, 0.1) is 5.57 Å². The molecule has 0 radical (unpaired) electrons. The van der Waals surface area contributed by atoms with Crippen LogP contribution in [0, 0.1) is 0 Å². The topological polar surface area (TPSA) is 36.4 Å². The monoisotopic (exact) mass is 512 g/mol. The molecule has 0 bridgehead atoms. The third-order valence-corrected chi connectivity index (χ3v) is 7.57. The highest BCUT2D eigenvalue weighted by Crippen LogP contribution is 2.34. The lowest BCUT2D eigenvalue weighted by Crippen LogP contribution is -2.00. The first-order valence-electron chi connectivity index (χ1n) is 15.5. The van der Waals surface area contributed by atoms with Crippen molar-refractivity contribution in [2.45, 2.75) is 130 Å². The lowest BCUT2D eigenvalue weighted by molar-refractivity contribution is 0.00753. The van der Waals surface area contributed by atoms with Crippen LogP contribution in [0.5, 0.6) is 0 Å². The Balaban J connectivity index is 2.50. The molecule has 0 aromatic heterocycles. The fraction of sp³-hybridized carbons (Fsp3) is 0.556. The molecule has 0 N–H and O–H groups in total. The van der Waals surface area contributed by atoms with E-state index in [1.54, 1.807) is 0 Å². The van der Waals surface area contributed by atoms with Crippen molar-refractivity contribution in [3.63, 3.8) is 0 Å². The van der Waals surface area contributed by atoms with E-state index in [9.17, 15) is 5.53 Å². The Morgan fingerprint density at radius 1 is 0.658 bits per heavy atom. The van der Waals surface area contributed by atoms with Crippen molar-refractivity contribution in [2.24, 2.45) is 0 Å². The molecular weight excluding hydrogens is 460 g/mol. The van der Waals surface area contributed by atoms with Crippen molar-refractivity contribution in [2.75, 3.05) is 0 Å². The van der Waals surface area contributed by atoms with Gasteiger partial charge in [-0.3, -0.25) is 0 Å². The quantitative estimate of drug-likeness (QED) is 0.0590. The molecule has 0 aliphatic rings. The highest BCUT2D eigenvalue weighted by Gasteiger charge is 2.16. The van der Waals surface area contributed by atoms with Crippen LogP contribution >= 0.6 is 0 Å².